The van der Waals surface area contributed by atoms with Crippen molar-refractivity contribution in [2.45, 2.75) is 57.2 Å². The van der Waals surface area contributed by atoms with Gasteiger partial charge in [-0.15, -0.1) is 0 Å². The van der Waals surface area contributed by atoms with E-state index in [1.807, 2.05) is 31.2 Å². The third kappa shape index (κ3) is 3.14. The molecule has 1 aliphatic heterocycles. The molecule has 3 nitrogen and oxygen atoms in total. The van der Waals surface area contributed by atoms with E-state index in [-0.39, 0.29) is 17.6 Å². The molecule has 0 aromatic heterocycles. The van der Waals surface area contributed by atoms with Crippen molar-refractivity contribution in [3.63, 3.8) is 0 Å². The van der Waals surface area contributed by atoms with Gasteiger partial charge in [-0.05, 0) is 62.6 Å². The molecule has 1 aliphatic carbocycles. The highest BCUT2D eigenvalue weighted by Crippen LogP contribution is 2.54. The lowest BCUT2D eigenvalue weighted by Gasteiger charge is -2.52. The summed E-state index contributed by atoms with van der Waals surface area (Å²) in [5.41, 5.74) is 3.89. The van der Waals surface area contributed by atoms with E-state index in [0.717, 1.165) is 48.1 Å². The van der Waals surface area contributed by atoms with E-state index in [4.69, 9.17) is 4.74 Å². The quantitative estimate of drug-likeness (QED) is 0.769. The highest BCUT2D eigenvalue weighted by Gasteiger charge is 2.53. The van der Waals surface area contributed by atoms with Crippen LogP contribution in [0.15, 0.2) is 54.6 Å². The zero-order valence-corrected chi connectivity index (χ0v) is 16.1. The van der Waals surface area contributed by atoms with Gasteiger partial charge in [0.2, 0.25) is 0 Å². The number of phenols is 1. The fourth-order valence-corrected chi connectivity index (χ4v) is 4.91. The van der Waals surface area contributed by atoms with Crippen molar-refractivity contribution in [2.75, 3.05) is 0 Å². The normalized spacial score (nSPS) is 28.9. The van der Waals surface area contributed by atoms with Gasteiger partial charge in [-0.3, -0.25) is 0 Å². The van der Waals surface area contributed by atoms with Crippen LogP contribution in [0.4, 0.5) is 0 Å². The summed E-state index contributed by atoms with van der Waals surface area (Å²) in [6.45, 7) is 8.23. The molecule has 4 rings (SSSR count). The Morgan fingerprint density at radius 2 is 1.96 bits per heavy atom. The van der Waals surface area contributed by atoms with E-state index < -0.39 is 11.7 Å². The van der Waals surface area contributed by atoms with Crippen molar-refractivity contribution in [3.8, 4) is 11.5 Å². The zero-order valence-electron chi connectivity index (χ0n) is 16.1. The maximum atomic E-state index is 11.2. The van der Waals surface area contributed by atoms with Gasteiger partial charge < -0.3 is 14.9 Å². The first-order valence-corrected chi connectivity index (χ1v) is 9.81. The smallest absolute Gasteiger partial charge is 0.133 e. The number of aliphatic hydroxyl groups is 1. The third-order valence-electron chi connectivity index (χ3n) is 6.40. The molecule has 0 saturated heterocycles. The second kappa shape index (κ2) is 6.72. The van der Waals surface area contributed by atoms with Gasteiger partial charge in [0.25, 0.3) is 0 Å². The molecule has 0 spiro atoms. The lowest BCUT2D eigenvalue weighted by atomic mass is 9.63. The fourth-order valence-electron chi connectivity index (χ4n) is 4.91. The van der Waals surface area contributed by atoms with Crippen molar-refractivity contribution in [1.29, 1.82) is 0 Å². The lowest BCUT2D eigenvalue weighted by Crippen LogP contribution is -2.56. The Bertz CT molecular complexity index is 857. The van der Waals surface area contributed by atoms with Gasteiger partial charge in [0.05, 0.1) is 0 Å². The molecule has 1 saturated carbocycles. The minimum Gasteiger partial charge on any atom is -0.508 e. The molecule has 1 heterocycles. The zero-order chi connectivity index (χ0) is 19.2. The Labute approximate surface area is 161 Å². The molecule has 2 N–H and O–H groups in total. The molecule has 2 bridgehead atoms. The minimum absolute atomic E-state index is 0.0311. The maximum absolute atomic E-state index is 11.2. The number of rotatable bonds is 4. The molecular formula is C24H28O3. The van der Waals surface area contributed by atoms with Crippen LogP contribution in [-0.2, 0) is 12.8 Å². The van der Waals surface area contributed by atoms with Crippen molar-refractivity contribution >= 4 is 0 Å². The molecule has 4 atom stereocenters. The summed E-state index contributed by atoms with van der Waals surface area (Å²) in [6.07, 6.45) is 2.87. The number of benzene rings is 2. The van der Waals surface area contributed by atoms with Crippen molar-refractivity contribution in [2.24, 2.45) is 5.92 Å². The van der Waals surface area contributed by atoms with E-state index in [9.17, 15) is 10.2 Å². The first-order valence-electron chi connectivity index (χ1n) is 9.81. The first kappa shape index (κ1) is 18.1. The summed E-state index contributed by atoms with van der Waals surface area (Å²) in [6, 6.07) is 13.9. The molecule has 2 aromatic carbocycles. The number of hydrogen-bond donors (Lipinski definition) is 2. The Hall–Kier alpha value is -2.26. The molecule has 3 heteroatoms. The van der Waals surface area contributed by atoms with Gasteiger partial charge in [0, 0.05) is 17.5 Å². The summed E-state index contributed by atoms with van der Waals surface area (Å²) in [4.78, 5) is 0. The molecule has 0 radical (unpaired) electrons. The molecule has 2 aliphatic rings. The molecule has 2 aromatic rings. The standard InChI is InChI=1S/C24H28O3/c1-15(2)19-11-12-24(3)23(26)22(19)21-17(13-18(25)14-20(21)27-24)10-9-16-7-5-4-6-8-16/h4-8,13-14,19,22-23,25-26H,1,9-12H2,2-3H3. The predicted molar refractivity (Wildman–Crippen MR) is 107 cm³/mol. The molecule has 0 amide bonds. The van der Waals surface area contributed by atoms with Crippen molar-refractivity contribution < 1.29 is 14.9 Å². The van der Waals surface area contributed by atoms with Gasteiger partial charge in [-0.2, -0.15) is 0 Å². The van der Waals surface area contributed by atoms with Gasteiger partial charge in [0.15, 0.2) is 0 Å². The minimum atomic E-state index is -0.603. The molecule has 1 fully saturated rings. The van der Waals surface area contributed by atoms with Crippen LogP contribution in [0.25, 0.3) is 0 Å². The van der Waals surface area contributed by atoms with Crippen LogP contribution in [0.2, 0.25) is 0 Å². The van der Waals surface area contributed by atoms with Crippen LogP contribution < -0.4 is 4.74 Å². The van der Waals surface area contributed by atoms with Crippen molar-refractivity contribution in [1.82, 2.24) is 0 Å². The average Bonchev–Trinajstić information content (AvgIpc) is 2.62. The second-order valence-corrected chi connectivity index (χ2v) is 8.38. The number of aryl methyl sites for hydroxylation is 2. The lowest BCUT2D eigenvalue weighted by molar-refractivity contribution is -0.106. The number of aliphatic hydroxyl groups excluding tert-OH is 1. The number of ether oxygens (including phenoxy) is 1. The van der Waals surface area contributed by atoms with Crippen LogP contribution in [0.5, 0.6) is 11.5 Å². The second-order valence-electron chi connectivity index (χ2n) is 8.38. The van der Waals surface area contributed by atoms with Gasteiger partial charge in [-0.1, -0.05) is 42.5 Å². The Balaban J connectivity index is 1.77. The number of allylic oxidation sites excluding steroid dienone is 1. The summed E-state index contributed by atoms with van der Waals surface area (Å²) in [5.74, 6) is 1.15. The predicted octanol–water partition coefficient (Wildman–Crippen LogP) is 4.76. The first-order chi connectivity index (χ1) is 12.9. The SMILES string of the molecule is C=C(C)C1CCC2(C)Oc3cc(O)cc(CCc4ccccc4)c3C1C2O. The molecule has 4 unspecified atom stereocenters. The van der Waals surface area contributed by atoms with Crippen LogP contribution in [0, 0.1) is 5.92 Å². The van der Waals surface area contributed by atoms with E-state index in [1.54, 1.807) is 6.07 Å². The largest absolute Gasteiger partial charge is 0.508 e. The maximum Gasteiger partial charge on any atom is 0.133 e. The molecular weight excluding hydrogens is 336 g/mol. The average molecular weight is 364 g/mol. The summed E-state index contributed by atoms with van der Waals surface area (Å²) in [7, 11) is 0. The van der Waals surface area contributed by atoms with E-state index >= 15 is 0 Å². The molecule has 142 valence electrons. The van der Waals surface area contributed by atoms with Gasteiger partial charge in [0.1, 0.15) is 23.2 Å². The number of aromatic hydroxyl groups is 1. The number of fused-ring (bicyclic) bond motifs is 4. The van der Waals surface area contributed by atoms with Gasteiger partial charge in [-0.25, -0.2) is 0 Å². The van der Waals surface area contributed by atoms with E-state index in [2.05, 4.69) is 25.6 Å². The van der Waals surface area contributed by atoms with E-state index in [0.29, 0.717) is 0 Å². The van der Waals surface area contributed by atoms with Crippen LogP contribution in [0.3, 0.4) is 0 Å². The van der Waals surface area contributed by atoms with Crippen LogP contribution in [-0.4, -0.2) is 21.9 Å². The fraction of sp³-hybridized carbons (Fsp3) is 0.417. The Morgan fingerprint density at radius 1 is 1.22 bits per heavy atom. The summed E-state index contributed by atoms with van der Waals surface area (Å²) >= 11 is 0. The summed E-state index contributed by atoms with van der Waals surface area (Å²) < 4.78 is 6.26. The summed E-state index contributed by atoms with van der Waals surface area (Å²) in [5, 5.41) is 21.5. The number of hydrogen-bond acceptors (Lipinski definition) is 3. The molecule has 27 heavy (non-hydrogen) atoms. The Morgan fingerprint density at radius 3 is 2.67 bits per heavy atom. The third-order valence-corrected chi connectivity index (χ3v) is 6.40. The monoisotopic (exact) mass is 364 g/mol. The van der Waals surface area contributed by atoms with Gasteiger partial charge >= 0.3 is 0 Å². The van der Waals surface area contributed by atoms with E-state index in [1.165, 1.54) is 5.56 Å². The number of phenolic OH excluding ortho intramolecular Hbond substituents is 1. The highest BCUT2D eigenvalue weighted by atomic mass is 16.5. The Kier molecular flexibility index (Phi) is 4.51. The van der Waals surface area contributed by atoms with Crippen molar-refractivity contribution in [3.05, 3.63) is 71.3 Å². The highest BCUT2D eigenvalue weighted by molar-refractivity contribution is 5.52. The topological polar surface area (TPSA) is 49.7 Å². The van der Waals surface area contributed by atoms with Crippen LogP contribution in [0.1, 0.15) is 49.3 Å². The van der Waals surface area contributed by atoms with Crippen LogP contribution >= 0.6 is 0 Å².